The van der Waals surface area contributed by atoms with Crippen LogP contribution in [0, 0.1) is 5.92 Å². The van der Waals surface area contributed by atoms with Crippen LogP contribution in [0.3, 0.4) is 0 Å². The first-order valence-electron chi connectivity index (χ1n) is 20.4. The van der Waals surface area contributed by atoms with Crippen molar-refractivity contribution in [3.05, 3.63) is 216 Å². The second kappa shape index (κ2) is 12.4. The van der Waals surface area contributed by atoms with Crippen LogP contribution in [0.15, 0.2) is 194 Å². The van der Waals surface area contributed by atoms with Crippen molar-refractivity contribution in [1.29, 1.82) is 0 Å². The van der Waals surface area contributed by atoms with Gasteiger partial charge in [-0.2, -0.15) is 0 Å². The standard InChI is InChI=1S/C55H35NO2S/c1-2-14-35(15-3-1)56(36-27-28-41-40-19-8-13-25-51(40)59-52(41)33-36)47-24-12-7-16-37(47)34-26-30-48-50(32-34)58-54-49(57-48)31-29-46-53(54)42-20-6-11-23-45(42)55(46)43-21-9-4-17-38(43)39-18-5-10-22-44(39)55/h1-21,23-33,44H,22H2. The number of ether oxygens (including phenoxy) is 2. The van der Waals surface area contributed by atoms with Gasteiger partial charge < -0.3 is 14.4 Å². The van der Waals surface area contributed by atoms with Gasteiger partial charge in [0.1, 0.15) is 0 Å². The highest BCUT2D eigenvalue weighted by atomic mass is 32.1. The number of nitrogens with zero attached hydrogens (tertiary/aromatic N) is 1. The first kappa shape index (κ1) is 32.9. The molecule has 2 atom stereocenters. The van der Waals surface area contributed by atoms with Crippen molar-refractivity contribution in [3.8, 4) is 45.3 Å². The molecule has 0 fully saturated rings. The van der Waals surface area contributed by atoms with Crippen LogP contribution in [0.2, 0.25) is 0 Å². The molecule has 3 nitrogen and oxygen atoms in total. The molecule has 9 aromatic rings. The normalized spacial score (nSPS) is 17.6. The Labute approximate surface area is 346 Å². The van der Waals surface area contributed by atoms with Gasteiger partial charge in [0.05, 0.1) is 11.1 Å². The Morgan fingerprint density at radius 1 is 0.525 bits per heavy atom. The number of hydrogen-bond donors (Lipinski definition) is 0. The van der Waals surface area contributed by atoms with Crippen LogP contribution < -0.4 is 14.4 Å². The van der Waals surface area contributed by atoms with Crippen LogP contribution in [0.25, 0.3) is 48.0 Å². The minimum atomic E-state index is -0.321. The molecule has 278 valence electrons. The van der Waals surface area contributed by atoms with Crippen molar-refractivity contribution in [2.24, 2.45) is 5.92 Å². The Balaban J connectivity index is 0.948. The number of fused-ring (bicyclic) bond motifs is 16. The molecule has 0 radical (unpaired) electrons. The highest BCUT2D eigenvalue weighted by molar-refractivity contribution is 7.25. The molecule has 2 unspecified atom stereocenters. The summed E-state index contributed by atoms with van der Waals surface area (Å²) in [4.78, 5) is 2.37. The van der Waals surface area contributed by atoms with Gasteiger partial charge in [-0.05, 0) is 100.0 Å². The quantitative estimate of drug-likeness (QED) is 0.178. The van der Waals surface area contributed by atoms with E-state index in [0.717, 1.165) is 51.7 Å². The zero-order valence-electron chi connectivity index (χ0n) is 31.9. The second-order valence-corrected chi connectivity index (χ2v) is 17.0. The predicted molar refractivity (Wildman–Crippen MR) is 243 cm³/mol. The summed E-state index contributed by atoms with van der Waals surface area (Å²) >= 11 is 1.84. The third-order valence-electron chi connectivity index (χ3n) is 13.0. The predicted octanol–water partition coefficient (Wildman–Crippen LogP) is 15.4. The van der Waals surface area contributed by atoms with Gasteiger partial charge in [-0.1, -0.05) is 140 Å². The highest BCUT2D eigenvalue weighted by Gasteiger charge is 2.57. The molecule has 1 spiro atoms. The van der Waals surface area contributed by atoms with Crippen molar-refractivity contribution in [1.82, 2.24) is 0 Å². The van der Waals surface area contributed by atoms with Gasteiger partial charge in [0.25, 0.3) is 0 Å². The second-order valence-electron chi connectivity index (χ2n) is 15.9. The van der Waals surface area contributed by atoms with Crippen LogP contribution in [0.1, 0.15) is 28.7 Å². The molecule has 0 N–H and O–H groups in total. The highest BCUT2D eigenvalue weighted by Crippen LogP contribution is 2.68. The Morgan fingerprint density at radius 3 is 2.15 bits per heavy atom. The van der Waals surface area contributed by atoms with Gasteiger partial charge >= 0.3 is 0 Å². The Hall–Kier alpha value is -7.14. The summed E-state index contributed by atoms with van der Waals surface area (Å²) in [6.45, 7) is 0. The lowest BCUT2D eigenvalue weighted by atomic mass is 9.65. The molecular formula is C55H35NO2S. The maximum Gasteiger partial charge on any atom is 0.178 e. The number of hydrogen-bond acceptors (Lipinski definition) is 4. The summed E-state index contributed by atoms with van der Waals surface area (Å²) in [6.07, 6.45) is 7.86. The zero-order valence-corrected chi connectivity index (χ0v) is 32.7. The first-order valence-corrected chi connectivity index (χ1v) is 21.2. The monoisotopic (exact) mass is 773 g/mol. The molecule has 4 aliphatic rings. The van der Waals surface area contributed by atoms with Crippen LogP contribution in [-0.2, 0) is 5.41 Å². The van der Waals surface area contributed by atoms with Gasteiger partial charge in [0.2, 0.25) is 0 Å². The molecular weight excluding hydrogens is 739 g/mol. The van der Waals surface area contributed by atoms with Crippen molar-refractivity contribution in [3.63, 3.8) is 0 Å². The molecule has 0 saturated heterocycles. The number of anilines is 3. The van der Waals surface area contributed by atoms with E-state index in [1.54, 1.807) is 0 Å². The minimum absolute atomic E-state index is 0.289. The van der Waals surface area contributed by atoms with E-state index in [1.807, 2.05) is 11.3 Å². The average molecular weight is 774 g/mol. The lowest BCUT2D eigenvalue weighted by Gasteiger charge is -2.36. The number of thiophene rings is 1. The van der Waals surface area contributed by atoms with E-state index in [9.17, 15) is 0 Å². The summed E-state index contributed by atoms with van der Waals surface area (Å²) in [5.41, 5.74) is 14.2. The van der Waals surface area contributed by atoms with Crippen molar-refractivity contribution in [2.45, 2.75) is 11.8 Å². The van der Waals surface area contributed by atoms with Crippen molar-refractivity contribution in [2.75, 3.05) is 4.90 Å². The molecule has 0 saturated carbocycles. The lowest BCUT2D eigenvalue weighted by molar-refractivity contribution is 0.360. The lowest BCUT2D eigenvalue weighted by Crippen LogP contribution is -2.32. The van der Waals surface area contributed by atoms with Gasteiger partial charge in [-0.3, -0.25) is 0 Å². The molecule has 13 rings (SSSR count). The smallest absolute Gasteiger partial charge is 0.178 e. The summed E-state index contributed by atoms with van der Waals surface area (Å²) < 4.78 is 16.5. The van der Waals surface area contributed by atoms with Gasteiger partial charge in [-0.15, -0.1) is 11.3 Å². The summed E-state index contributed by atoms with van der Waals surface area (Å²) in [5, 5.41) is 2.58. The topological polar surface area (TPSA) is 21.7 Å². The van der Waals surface area contributed by atoms with E-state index in [2.05, 4.69) is 199 Å². The SMILES string of the molecule is C1=CCC2C(=C1)c1ccccc1C21c2ccccc2-c2c1ccc1c2Oc2cc(-c3ccccc3N(c3ccccc3)c3ccc4c(c3)sc3ccccc34)ccc2O1. The summed E-state index contributed by atoms with van der Waals surface area (Å²) in [5.74, 6) is 3.24. The van der Waals surface area contributed by atoms with Crippen molar-refractivity contribution < 1.29 is 9.47 Å². The molecule has 1 aliphatic heterocycles. The van der Waals surface area contributed by atoms with Crippen LogP contribution in [-0.4, -0.2) is 0 Å². The van der Waals surface area contributed by atoms with E-state index in [4.69, 9.17) is 9.47 Å². The summed E-state index contributed by atoms with van der Waals surface area (Å²) in [7, 11) is 0. The average Bonchev–Trinajstić information content (AvgIpc) is 3.93. The molecule has 0 amide bonds. The molecule has 8 aromatic carbocycles. The third kappa shape index (κ3) is 4.58. The fourth-order valence-corrected chi connectivity index (χ4v) is 11.8. The molecule has 0 bridgehead atoms. The summed E-state index contributed by atoms with van der Waals surface area (Å²) in [6, 6.07) is 63.6. The molecule has 1 aromatic heterocycles. The van der Waals surface area contributed by atoms with Gasteiger partial charge in [0, 0.05) is 48.6 Å². The van der Waals surface area contributed by atoms with Gasteiger partial charge in [-0.25, -0.2) is 0 Å². The molecule has 2 heterocycles. The molecule has 4 heteroatoms. The number of allylic oxidation sites excluding steroid dienone is 4. The zero-order chi connectivity index (χ0) is 38.7. The van der Waals surface area contributed by atoms with E-state index < -0.39 is 0 Å². The maximum atomic E-state index is 7.15. The number of para-hydroxylation sites is 2. The van der Waals surface area contributed by atoms with Crippen LogP contribution >= 0.6 is 11.3 Å². The van der Waals surface area contributed by atoms with E-state index in [-0.39, 0.29) is 11.3 Å². The van der Waals surface area contributed by atoms with E-state index in [1.165, 1.54) is 53.6 Å². The Bertz CT molecular complexity index is 3280. The van der Waals surface area contributed by atoms with E-state index in [0.29, 0.717) is 11.5 Å². The molecule has 3 aliphatic carbocycles. The van der Waals surface area contributed by atoms with Gasteiger partial charge in [0.15, 0.2) is 23.0 Å². The largest absolute Gasteiger partial charge is 0.449 e. The fraction of sp³-hybridized carbons (Fsp3) is 0.0545. The first-order chi connectivity index (χ1) is 29.3. The fourth-order valence-electron chi connectivity index (χ4n) is 10.6. The Kier molecular flexibility index (Phi) is 6.93. The molecule has 59 heavy (non-hydrogen) atoms. The van der Waals surface area contributed by atoms with Crippen molar-refractivity contribution >= 4 is 54.1 Å². The number of rotatable bonds is 4. The van der Waals surface area contributed by atoms with Crippen LogP contribution in [0.5, 0.6) is 23.0 Å². The Morgan fingerprint density at radius 2 is 1.25 bits per heavy atom. The third-order valence-corrected chi connectivity index (χ3v) is 14.1. The number of benzene rings is 8. The van der Waals surface area contributed by atoms with E-state index >= 15 is 0 Å². The minimum Gasteiger partial charge on any atom is -0.449 e. The van der Waals surface area contributed by atoms with Crippen LogP contribution in [0.4, 0.5) is 17.1 Å². The maximum absolute atomic E-state index is 7.15.